The number of hydrogen-bond acceptors (Lipinski definition) is 5. The molecular formula is C9H8KNO4. The van der Waals surface area contributed by atoms with Crippen molar-refractivity contribution in [2.45, 2.75) is 6.92 Å². The van der Waals surface area contributed by atoms with E-state index in [0.717, 1.165) is 6.20 Å². The number of rotatable bonds is 3. The SMILES string of the molecule is CCOC(=O)c1ccc(C(=O)[O-])nc1.[K+]. The maximum atomic E-state index is 11.1. The summed E-state index contributed by atoms with van der Waals surface area (Å²) < 4.78 is 4.69. The van der Waals surface area contributed by atoms with Gasteiger partial charge in [-0.25, -0.2) is 4.79 Å². The maximum Gasteiger partial charge on any atom is 1.00 e. The molecule has 0 N–H and O–H groups in total. The van der Waals surface area contributed by atoms with Crippen molar-refractivity contribution in [3.63, 3.8) is 0 Å². The number of carboxylic acids is 1. The molecule has 0 aromatic carbocycles. The number of esters is 1. The number of aromatic nitrogens is 1. The summed E-state index contributed by atoms with van der Waals surface area (Å²) in [5.41, 5.74) is 0.00917. The topological polar surface area (TPSA) is 79.3 Å². The fourth-order valence-corrected chi connectivity index (χ4v) is 0.850. The molecule has 0 atom stereocenters. The smallest absolute Gasteiger partial charge is 0.543 e. The van der Waals surface area contributed by atoms with Gasteiger partial charge >= 0.3 is 57.4 Å². The van der Waals surface area contributed by atoms with E-state index >= 15 is 0 Å². The Morgan fingerprint density at radius 1 is 1.47 bits per heavy atom. The van der Waals surface area contributed by atoms with Gasteiger partial charge in [-0.2, -0.15) is 0 Å². The van der Waals surface area contributed by atoms with E-state index in [1.165, 1.54) is 12.1 Å². The quantitative estimate of drug-likeness (QED) is 0.402. The molecule has 0 fully saturated rings. The first-order valence-corrected chi connectivity index (χ1v) is 3.99. The van der Waals surface area contributed by atoms with Crippen LogP contribution >= 0.6 is 0 Å². The van der Waals surface area contributed by atoms with Crippen molar-refractivity contribution in [1.82, 2.24) is 4.98 Å². The van der Waals surface area contributed by atoms with Crippen molar-refractivity contribution >= 4 is 11.9 Å². The molecule has 5 nitrogen and oxygen atoms in total. The summed E-state index contributed by atoms with van der Waals surface area (Å²) in [6.07, 6.45) is 1.14. The van der Waals surface area contributed by atoms with Crippen LogP contribution in [0.25, 0.3) is 0 Å². The molecule has 1 aromatic heterocycles. The minimum atomic E-state index is -1.37. The van der Waals surface area contributed by atoms with E-state index in [0.29, 0.717) is 0 Å². The van der Waals surface area contributed by atoms with Crippen molar-refractivity contribution in [2.75, 3.05) is 6.61 Å². The average Bonchev–Trinajstić information content (AvgIpc) is 2.18. The zero-order valence-corrected chi connectivity index (χ0v) is 11.6. The molecule has 0 unspecified atom stereocenters. The van der Waals surface area contributed by atoms with E-state index < -0.39 is 11.9 Å². The molecule has 0 aliphatic rings. The molecular weight excluding hydrogens is 225 g/mol. The van der Waals surface area contributed by atoms with Gasteiger partial charge in [0.15, 0.2) is 0 Å². The van der Waals surface area contributed by atoms with Crippen LogP contribution in [0.1, 0.15) is 27.8 Å². The summed E-state index contributed by atoms with van der Waals surface area (Å²) in [7, 11) is 0. The number of pyridine rings is 1. The first-order chi connectivity index (χ1) is 6.65. The second kappa shape index (κ2) is 7.07. The minimum Gasteiger partial charge on any atom is -0.543 e. The molecule has 15 heavy (non-hydrogen) atoms. The van der Waals surface area contributed by atoms with Crippen LogP contribution in [0, 0.1) is 0 Å². The molecule has 0 saturated carbocycles. The van der Waals surface area contributed by atoms with Gasteiger partial charge in [-0.3, -0.25) is 4.98 Å². The van der Waals surface area contributed by atoms with Crippen molar-refractivity contribution in [3.05, 3.63) is 29.6 Å². The summed E-state index contributed by atoms with van der Waals surface area (Å²) in [6.45, 7) is 1.95. The predicted octanol–water partition coefficient (Wildman–Crippen LogP) is -3.37. The molecule has 1 rings (SSSR count). The standard InChI is InChI=1S/C9H9NO4.K/c1-2-14-9(13)6-3-4-7(8(11)12)10-5-6;/h3-5H,2H2,1H3,(H,11,12);/q;+1/p-1. The van der Waals surface area contributed by atoms with E-state index in [-0.39, 0.29) is 69.2 Å². The van der Waals surface area contributed by atoms with E-state index in [9.17, 15) is 14.7 Å². The molecule has 0 bridgehead atoms. The number of hydrogen-bond donors (Lipinski definition) is 0. The average molecular weight is 233 g/mol. The molecule has 0 amide bonds. The number of carbonyl (C=O) groups excluding carboxylic acids is 2. The van der Waals surface area contributed by atoms with Gasteiger partial charge in [0.2, 0.25) is 0 Å². The molecule has 0 spiro atoms. The third kappa shape index (κ3) is 4.39. The first-order valence-electron chi connectivity index (χ1n) is 3.99. The Morgan fingerprint density at radius 3 is 2.53 bits per heavy atom. The first kappa shape index (κ1) is 14.7. The zero-order chi connectivity index (χ0) is 10.6. The van der Waals surface area contributed by atoms with E-state index in [4.69, 9.17) is 0 Å². The normalized spacial score (nSPS) is 8.87. The fraction of sp³-hybridized carbons (Fsp3) is 0.222. The number of ether oxygens (including phenoxy) is 1. The third-order valence-corrected chi connectivity index (χ3v) is 1.48. The number of nitrogens with zero attached hydrogens (tertiary/aromatic N) is 1. The molecule has 0 radical (unpaired) electrons. The van der Waals surface area contributed by atoms with Crippen LogP contribution in [-0.2, 0) is 4.74 Å². The van der Waals surface area contributed by atoms with Crippen LogP contribution in [0.5, 0.6) is 0 Å². The van der Waals surface area contributed by atoms with Crippen LogP contribution in [0.3, 0.4) is 0 Å². The Kier molecular flexibility index (Phi) is 6.95. The fourth-order valence-electron chi connectivity index (χ4n) is 0.850. The summed E-state index contributed by atoms with van der Waals surface area (Å²) in [4.78, 5) is 24.9. The van der Waals surface area contributed by atoms with Gasteiger partial charge in [0.25, 0.3) is 0 Å². The largest absolute Gasteiger partial charge is 1.00 e. The number of aromatic carboxylic acids is 1. The van der Waals surface area contributed by atoms with Gasteiger partial charge in [-0.05, 0) is 19.1 Å². The molecule has 1 heterocycles. The summed E-state index contributed by atoms with van der Waals surface area (Å²) >= 11 is 0. The van der Waals surface area contributed by atoms with Gasteiger partial charge in [-0.15, -0.1) is 0 Å². The zero-order valence-electron chi connectivity index (χ0n) is 8.52. The molecule has 0 saturated heterocycles. The van der Waals surface area contributed by atoms with Gasteiger partial charge in [0.05, 0.1) is 23.8 Å². The Morgan fingerprint density at radius 2 is 2.13 bits per heavy atom. The van der Waals surface area contributed by atoms with Gasteiger partial charge in [-0.1, -0.05) is 0 Å². The molecule has 74 valence electrons. The second-order valence-corrected chi connectivity index (χ2v) is 2.44. The molecule has 6 heteroatoms. The maximum absolute atomic E-state index is 11.1. The summed E-state index contributed by atoms with van der Waals surface area (Å²) in [6, 6.07) is 2.53. The number of carboxylic acid groups (broad SMARTS) is 1. The van der Waals surface area contributed by atoms with Crippen LogP contribution < -0.4 is 56.5 Å². The van der Waals surface area contributed by atoms with Crippen molar-refractivity contribution < 1.29 is 70.8 Å². The Labute approximate surface area is 129 Å². The third-order valence-electron chi connectivity index (χ3n) is 1.48. The van der Waals surface area contributed by atoms with Crippen molar-refractivity contribution in [3.8, 4) is 0 Å². The van der Waals surface area contributed by atoms with E-state index in [2.05, 4.69) is 9.72 Å². The molecule has 0 aliphatic carbocycles. The van der Waals surface area contributed by atoms with Crippen molar-refractivity contribution in [2.24, 2.45) is 0 Å². The van der Waals surface area contributed by atoms with Crippen molar-refractivity contribution in [1.29, 1.82) is 0 Å². The Balaban J connectivity index is 0.00000196. The molecule has 0 aliphatic heterocycles. The van der Waals surface area contributed by atoms with Crippen LogP contribution in [0.15, 0.2) is 18.3 Å². The molecule has 1 aromatic rings. The predicted molar refractivity (Wildman–Crippen MR) is 44.5 cm³/mol. The summed E-state index contributed by atoms with van der Waals surface area (Å²) in [5.74, 6) is -1.90. The van der Waals surface area contributed by atoms with E-state index in [1.54, 1.807) is 6.92 Å². The van der Waals surface area contributed by atoms with Crippen LogP contribution in [0.2, 0.25) is 0 Å². The van der Waals surface area contributed by atoms with Crippen LogP contribution in [-0.4, -0.2) is 23.5 Å². The van der Waals surface area contributed by atoms with Gasteiger partial charge < -0.3 is 14.6 Å². The second-order valence-electron chi connectivity index (χ2n) is 2.44. The number of carbonyl (C=O) groups is 2. The van der Waals surface area contributed by atoms with Crippen LogP contribution in [0.4, 0.5) is 0 Å². The Hall–Kier alpha value is -0.274. The van der Waals surface area contributed by atoms with Gasteiger partial charge in [0.1, 0.15) is 0 Å². The van der Waals surface area contributed by atoms with E-state index in [1.807, 2.05) is 0 Å². The Bertz CT molecular complexity index is 350. The summed E-state index contributed by atoms with van der Waals surface area (Å²) in [5, 5.41) is 10.3. The minimum absolute atomic E-state index is 0. The van der Waals surface area contributed by atoms with Gasteiger partial charge in [0, 0.05) is 6.20 Å². The monoisotopic (exact) mass is 233 g/mol.